The zero-order chi connectivity index (χ0) is 23.3. The highest BCUT2D eigenvalue weighted by Crippen LogP contribution is 2.42. The topological polar surface area (TPSA) is 108 Å². The quantitative estimate of drug-likeness (QED) is 0.466. The molecule has 0 saturated carbocycles. The molecular formula is C22H17Cl2N3O4S. The van der Waals surface area contributed by atoms with Gasteiger partial charge in [-0.3, -0.25) is 14.4 Å². The molecule has 2 aromatic carbocycles. The van der Waals surface area contributed by atoms with Crippen molar-refractivity contribution in [3.8, 4) is 6.07 Å². The maximum absolute atomic E-state index is 12.8. The summed E-state index contributed by atoms with van der Waals surface area (Å²) < 4.78 is 4.80. The van der Waals surface area contributed by atoms with E-state index in [1.165, 1.54) is 7.11 Å². The number of esters is 1. The number of amides is 2. The third kappa shape index (κ3) is 5.25. The molecular weight excluding hydrogens is 473 g/mol. The Morgan fingerprint density at radius 3 is 2.62 bits per heavy atom. The summed E-state index contributed by atoms with van der Waals surface area (Å²) in [6, 6.07) is 15.4. The minimum atomic E-state index is -1.29. The number of nitriles is 1. The first kappa shape index (κ1) is 23.7. The highest BCUT2D eigenvalue weighted by molar-refractivity contribution is 8.03. The molecule has 10 heteroatoms. The first-order chi connectivity index (χ1) is 15.3. The molecule has 164 valence electrons. The molecule has 0 aromatic heterocycles. The lowest BCUT2D eigenvalue weighted by Gasteiger charge is -2.31. The van der Waals surface area contributed by atoms with Gasteiger partial charge in [0.1, 0.15) is 5.92 Å². The Hall–Kier alpha value is -2.99. The van der Waals surface area contributed by atoms with E-state index >= 15 is 0 Å². The fraction of sp³-hybridized carbons (Fsp3) is 0.182. The van der Waals surface area contributed by atoms with Crippen molar-refractivity contribution in [3.63, 3.8) is 0 Å². The van der Waals surface area contributed by atoms with Crippen LogP contribution in [0.3, 0.4) is 0 Å². The smallest absolute Gasteiger partial charge is 0.319 e. The molecule has 2 atom stereocenters. The van der Waals surface area contributed by atoms with E-state index < -0.39 is 23.7 Å². The molecule has 0 aliphatic carbocycles. The summed E-state index contributed by atoms with van der Waals surface area (Å²) >= 11 is 13.2. The lowest BCUT2D eigenvalue weighted by Crippen LogP contribution is -2.44. The van der Waals surface area contributed by atoms with Crippen LogP contribution in [0.4, 0.5) is 5.69 Å². The Morgan fingerprint density at radius 2 is 1.97 bits per heavy atom. The van der Waals surface area contributed by atoms with E-state index in [2.05, 4.69) is 16.7 Å². The molecule has 0 fully saturated rings. The van der Waals surface area contributed by atoms with Gasteiger partial charge < -0.3 is 15.4 Å². The van der Waals surface area contributed by atoms with E-state index in [9.17, 15) is 19.6 Å². The van der Waals surface area contributed by atoms with Crippen molar-refractivity contribution >= 4 is 58.4 Å². The van der Waals surface area contributed by atoms with Crippen LogP contribution >= 0.6 is 35.0 Å². The van der Waals surface area contributed by atoms with E-state index in [1.807, 2.05) is 0 Å². The SMILES string of the molecule is COC(=O)[C@@H]1C(=O)NC(SCC(=O)Nc2cccc(Cl)c2)=C(C#N)[C@@H]1c1ccccc1Cl. The van der Waals surface area contributed by atoms with Crippen molar-refractivity contribution in [1.82, 2.24) is 5.32 Å². The molecule has 3 rings (SSSR count). The van der Waals surface area contributed by atoms with Crippen LogP contribution in [0, 0.1) is 17.2 Å². The average Bonchev–Trinajstić information content (AvgIpc) is 2.77. The van der Waals surface area contributed by atoms with Crippen LogP contribution in [0.2, 0.25) is 10.0 Å². The van der Waals surface area contributed by atoms with Gasteiger partial charge in [-0.2, -0.15) is 5.26 Å². The molecule has 2 aromatic rings. The lowest BCUT2D eigenvalue weighted by atomic mass is 9.78. The largest absolute Gasteiger partial charge is 0.468 e. The maximum atomic E-state index is 12.8. The number of carbonyl (C=O) groups excluding carboxylic acids is 3. The van der Waals surface area contributed by atoms with Crippen LogP contribution in [0.5, 0.6) is 0 Å². The monoisotopic (exact) mass is 489 g/mol. The number of hydrogen-bond donors (Lipinski definition) is 2. The van der Waals surface area contributed by atoms with E-state index in [-0.39, 0.29) is 22.3 Å². The first-order valence-corrected chi connectivity index (χ1v) is 11.1. The number of allylic oxidation sites excluding steroid dienone is 1. The molecule has 1 aliphatic heterocycles. The van der Waals surface area contributed by atoms with Crippen LogP contribution in [0.1, 0.15) is 11.5 Å². The van der Waals surface area contributed by atoms with Crippen LogP contribution in [0.25, 0.3) is 0 Å². The number of nitrogens with one attached hydrogen (secondary N) is 2. The third-order valence-electron chi connectivity index (χ3n) is 4.68. The summed E-state index contributed by atoms with van der Waals surface area (Å²) in [6.45, 7) is 0. The lowest BCUT2D eigenvalue weighted by molar-refractivity contribution is -0.150. The van der Waals surface area contributed by atoms with Gasteiger partial charge in [-0.15, -0.1) is 0 Å². The molecule has 0 spiro atoms. The van der Waals surface area contributed by atoms with Crippen LogP contribution < -0.4 is 10.6 Å². The summed E-state index contributed by atoms with van der Waals surface area (Å²) in [7, 11) is 1.17. The Morgan fingerprint density at radius 1 is 1.22 bits per heavy atom. The second kappa shape index (κ2) is 10.6. The van der Waals surface area contributed by atoms with Crippen LogP contribution in [0.15, 0.2) is 59.1 Å². The second-order valence-corrected chi connectivity index (χ2v) is 8.52. The second-order valence-electron chi connectivity index (χ2n) is 6.69. The minimum absolute atomic E-state index is 0.0918. The van der Waals surface area contributed by atoms with Gasteiger partial charge >= 0.3 is 5.97 Å². The third-order valence-corrected chi connectivity index (χ3v) is 6.28. The zero-order valence-electron chi connectivity index (χ0n) is 16.7. The standard InChI is InChI=1S/C22H17Cl2N3O4S/c1-31-22(30)19-18(14-7-2-3-8-16(14)24)15(10-25)21(27-20(19)29)32-11-17(28)26-13-6-4-5-12(23)9-13/h2-9,18-19H,11H2,1H3,(H,26,28)(H,27,29)/t18-,19-/m0/s1. The Labute approximate surface area is 198 Å². The van der Waals surface area contributed by atoms with Crippen molar-refractivity contribution in [1.29, 1.82) is 5.26 Å². The molecule has 1 heterocycles. The normalized spacial score (nSPS) is 17.9. The fourth-order valence-electron chi connectivity index (χ4n) is 3.28. The number of nitrogens with zero attached hydrogens (tertiary/aromatic N) is 1. The van der Waals surface area contributed by atoms with Crippen molar-refractivity contribution in [3.05, 3.63) is 74.7 Å². The number of methoxy groups -OCH3 is 1. The maximum Gasteiger partial charge on any atom is 0.319 e. The first-order valence-electron chi connectivity index (χ1n) is 9.31. The summed E-state index contributed by atoms with van der Waals surface area (Å²) in [4.78, 5) is 37.6. The molecule has 0 bridgehead atoms. The van der Waals surface area contributed by atoms with Gasteiger partial charge in [-0.05, 0) is 29.8 Å². The van der Waals surface area contributed by atoms with Crippen molar-refractivity contribution in [2.75, 3.05) is 18.2 Å². The van der Waals surface area contributed by atoms with Gasteiger partial charge in [-0.25, -0.2) is 0 Å². The summed E-state index contributed by atoms with van der Waals surface area (Å²) in [5, 5.41) is 16.1. The van der Waals surface area contributed by atoms with E-state index in [4.69, 9.17) is 27.9 Å². The van der Waals surface area contributed by atoms with Crippen molar-refractivity contribution < 1.29 is 19.1 Å². The van der Waals surface area contributed by atoms with Gasteiger partial charge in [0.25, 0.3) is 0 Å². The number of thioether (sulfide) groups is 1. The number of ether oxygens (including phenoxy) is 1. The molecule has 0 unspecified atom stereocenters. The van der Waals surface area contributed by atoms with Crippen molar-refractivity contribution in [2.24, 2.45) is 5.92 Å². The number of carbonyl (C=O) groups is 3. The molecule has 32 heavy (non-hydrogen) atoms. The Kier molecular flexibility index (Phi) is 7.80. The number of hydrogen-bond acceptors (Lipinski definition) is 6. The van der Waals surface area contributed by atoms with E-state index in [0.29, 0.717) is 21.3 Å². The van der Waals surface area contributed by atoms with Crippen LogP contribution in [-0.4, -0.2) is 30.6 Å². The molecule has 0 saturated heterocycles. The predicted molar refractivity (Wildman–Crippen MR) is 123 cm³/mol. The fourth-order valence-corrected chi connectivity index (χ4v) is 4.58. The van der Waals surface area contributed by atoms with Gasteiger partial charge in [0.15, 0.2) is 0 Å². The van der Waals surface area contributed by atoms with Gasteiger partial charge in [0.05, 0.1) is 29.5 Å². The summed E-state index contributed by atoms with van der Waals surface area (Å²) in [6.07, 6.45) is 0. The van der Waals surface area contributed by atoms with E-state index in [1.54, 1.807) is 48.5 Å². The number of benzene rings is 2. The highest BCUT2D eigenvalue weighted by atomic mass is 35.5. The molecule has 2 N–H and O–H groups in total. The average molecular weight is 490 g/mol. The predicted octanol–water partition coefficient (Wildman–Crippen LogP) is 4.10. The Balaban J connectivity index is 1.91. The number of rotatable bonds is 6. The number of anilines is 1. The number of halogens is 2. The summed E-state index contributed by atoms with van der Waals surface area (Å²) in [5.41, 5.74) is 1.08. The molecule has 7 nitrogen and oxygen atoms in total. The van der Waals surface area contributed by atoms with Crippen LogP contribution in [-0.2, 0) is 19.1 Å². The molecule has 1 aliphatic rings. The highest BCUT2D eigenvalue weighted by Gasteiger charge is 2.45. The zero-order valence-corrected chi connectivity index (χ0v) is 19.1. The minimum Gasteiger partial charge on any atom is -0.468 e. The molecule has 0 radical (unpaired) electrons. The molecule has 2 amide bonds. The Bertz CT molecular complexity index is 1150. The van der Waals surface area contributed by atoms with E-state index in [0.717, 1.165) is 11.8 Å². The van der Waals surface area contributed by atoms with Crippen molar-refractivity contribution in [2.45, 2.75) is 5.92 Å². The van der Waals surface area contributed by atoms with Gasteiger partial charge in [0.2, 0.25) is 11.8 Å². The van der Waals surface area contributed by atoms with Gasteiger partial charge in [0, 0.05) is 21.7 Å². The van der Waals surface area contributed by atoms with Gasteiger partial charge in [-0.1, -0.05) is 59.2 Å². The summed E-state index contributed by atoms with van der Waals surface area (Å²) in [5.74, 6) is -4.12.